The number of nitrogens with zero attached hydrogens (tertiary/aromatic N) is 1. The second kappa shape index (κ2) is 3.97. The van der Waals surface area contributed by atoms with Crippen molar-refractivity contribution in [3.05, 3.63) is 0 Å². The Morgan fingerprint density at radius 3 is 2.85 bits per heavy atom. The van der Waals surface area contributed by atoms with Gasteiger partial charge in [-0.25, -0.2) is 0 Å². The van der Waals surface area contributed by atoms with Crippen LogP contribution in [0.25, 0.3) is 0 Å². The van der Waals surface area contributed by atoms with Crippen LogP contribution in [0.4, 0.5) is 0 Å². The first-order valence-electron chi connectivity index (χ1n) is 5.81. The van der Waals surface area contributed by atoms with E-state index in [0.717, 1.165) is 18.1 Å². The minimum atomic E-state index is 0.789. The van der Waals surface area contributed by atoms with Crippen LogP contribution in [-0.2, 0) is 0 Å². The van der Waals surface area contributed by atoms with E-state index in [4.69, 9.17) is 0 Å². The van der Waals surface area contributed by atoms with Crippen LogP contribution in [0.2, 0.25) is 0 Å². The van der Waals surface area contributed by atoms with Crippen molar-refractivity contribution in [3.8, 4) is 0 Å². The van der Waals surface area contributed by atoms with E-state index in [1.807, 2.05) is 0 Å². The van der Waals surface area contributed by atoms with E-state index in [2.05, 4.69) is 24.1 Å². The standard InChI is InChI=1S/C11H22N2/c1-3-9(2)13-10-4-5-11(13)8-12-7-6-10/h9-12H,3-8H2,1-2H3. The molecule has 2 saturated heterocycles. The van der Waals surface area contributed by atoms with Crippen molar-refractivity contribution in [2.75, 3.05) is 13.1 Å². The van der Waals surface area contributed by atoms with Gasteiger partial charge in [-0.3, -0.25) is 4.90 Å². The first-order valence-corrected chi connectivity index (χ1v) is 5.81. The van der Waals surface area contributed by atoms with Gasteiger partial charge in [-0.1, -0.05) is 6.92 Å². The van der Waals surface area contributed by atoms with E-state index in [1.165, 1.54) is 38.8 Å². The lowest BCUT2D eigenvalue weighted by Crippen LogP contribution is -2.43. The summed E-state index contributed by atoms with van der Waals surface area (Å²) >= 11 is 0. The van der Waals surface area contributed by atoms with Crippen LogP contribution in [0.5, 0.6) is 0 Å². The van der Waals surface area contributed by atoms with Gasteiger partial charge in [0, 0.05) is 24.7 Å². The monoisotopic (exact) mass is 182 g/mol. The minimum absolute atomic E-state index is 0.789. The predicted octanol–water partition coefficient (Wildman–Crippen LogP) is 1.61. The maximum atomic E-state index is 3.55. The van der Waals surface area contributed by atoms with E-state index in [-0.39, 0.29) is 0 Å². The Balaban J connectivity index is 2.07. The molecule has 0 saturated carbocycles. The van der Waals surface area contributed by atoms with Crippen LogP contribution >= 0.6 is 0 Å². The van der Waals surface area contributed by atoms with Crippen LogP contribution < -0.4 is 5.32 Å². The molecule has 2 bridgehead atoms. The highest BCUT2D eigenvalue weighted by Crippen LogP contribution is 2.30. The fourth-order valence-electron chi connectivity index (χ4n) is 2.95. The van der Waals surface area contributed by atoms with Gasteiger partial charge in [0.15, 0.2) is 0 Å². The van der Waals surface area contributed by atoms with Crippen LogP contribution in [-0.4, -0.2) is 36.1 Å². The molecule has 0 aromatic carbocycles. The zero-order chi connectivity index (χ0) is 9.26. The minimum Gasteiger partial charge on any atom is -0.315 e. The largest absolute Gasteiger partial charge is 0.315 e. The molecule has 0 amide bonds. The van der Waals surface area contributed by atoms with Gasteiger partial charge >= 0.3 is 0 Å². The van der Waals surface area contributed by atoms with Crippen molar-refractivity contribution in [3.63, 3.8) is 0 Å². The summed E-state index contributed by atoms with van der Waals surface area (Å²) in [5.41, 5.74) is 0. The summed E-state index contributed by atoms with van der Waals surface area (Å²) < 4.78 is 0. The highest BCUT2D eigenvalue weighted by Gasteiger charge is 2.36. The molecule has 1 N–H and O–H groups in total. The number of hydrogen-bond acceptors (Lipinski definition) is 2. The summed E-state index contributed by atoms with van der Waals surface area (Å²) in [6.45, 7) is 7.15. The molecule has 3 unspecified atom stereocenters. The van der Waals surface area contributed by atoms with Gasteiger partial charge in [0.05, 0.1) is 0 Å². The van der Waals surface area contributed by atoms with Crippen LogP contribution in [0.1, 0.15) is 39.5 Å². The summed E-state index contributed by atoms with van der Waals surface area (Å²) in [6, 6.07) is 2.51. The van der Waals surface area contributed by atoms with Gasteiger partial charge in [0.1, 0.15) is 0 Å². The number of nitrogens with one attached hydrogen (secondary N) is 1. The number of hydrogen-bond donors (Lipinski definition) is 1. The lowest BCUT2D eigenvalue weighted by Gasteiger charge is -2.33. The smallest absolute Gasteiger partial charge is 0.0226 e. The quantitative estimate of drug-likeness (QED) is 0.698. The van der Waals surface area contributed by atoms with Crippen molar-refractivity contribution in [1.82, 2.24) is 10.2 Å². The van der Waals surface area contributed by atoms with Gasteiger partial charge in [-0.15, -0.1) is 0 Å². The van der Waals surface area contributed by atoms with Gasteiger partial charge in [0.25, 0.3) is 0 Å². The summed E-state index contributed by atoms with van der Waals surface area (Å²) in [4.78, 5) is 2.78. The molecular formula is C11H22N2. The van der Waals surface area contributed by atoms with Crippen molar-refractivity contribution >= 4 is 0 Å². The summed E-state index contributed by atoms with van der Waals surface area (Å²) in [7, 11) is 0. The van der Waals surface area contributed by atoms with E-state index < -0.39 is 0 Å². The van der Waals surface area contributed by atoms with Crippen LogP contribution in [0, 0.1) is 0 Å². The Kier molecular flexibility index (Phi) is 2.89. The van der Waals surface area contributed by atoms with Gasteiger partial charge in [-0.2, -0.15) is 0 Å². The molecule has 0 spiro atoms. The van der Waals surface area contributed by atoms with E-state index >= 15 is 0 Å². The Morgan fingerprint density at radius 1 is 1.31 bits per heavy atom. The molecule has 2 aliphatic heterocycles. The van der Waals surface area contributed by atoms with Crippen molar-refractivity contribution in [2.24, 2.45) is 0 Å². The maximum Gasteiger partial charge on any atom is 0.0226 e. The number of fused-ring (bicyclic) bond motifs is 2. The molecule has 0 aromatic heterocycles. The lowest BCUT2D eigenvalue weighted by molar-refractivity contribution is 0.143. The zero-order valence-corrected chi connectivity index (χ0v) is 8.92. The third-order valence-electron chi connectivity index (χ3n) is 3.81. The third-order valence-corrected chi connectivity index (χ3v) is 3.81. The fraction of sp³-hybridized carbons (Fsp3) is 1.00. The second-order valence-corrected chi connectivity index (χ2v) is 4.58. The highest BCUT2D eigenvalue weighted by atomic mass is 15.3. The molecule has 76 valence electrons. The molecule has 2 nitrogen and oxygen atoms in total. The first kappa shape index (κ1) is 9.47. The average molecular weight is 182 g/mol. The molecule has 13 heavy (non-hydrogen) atoms. The van der Waals surface area contributed by atoms with Gasteiger partial charge in [0.2, 0.25) is 0 Å². The molecule has 2 rings (SSSR count). The van der Waals surface area contributed by atoms with Crippen molar-refractivity contribution in [2.45, 2.75) is 57.7 Å². The summed E-state index contributed by atoms with van der Waals surface area (Å²) in [6.07, 6.45) is 5.52. The second-order valence-electron chi connectivity index (χ2n) is 4.58. The molecule has 2 heteroatoms. The van der Waals surface area contributed by atoms with E-state index in [0.29, 0.717) is 0 Å². The van der Waals surface area contributed by atoms with E-state index in [9.17, 15) is 0 Å². The molecule has 2 heterocycles. The Morgan fingerprint density at radius 2 is 2.08 bits per heavy atom. The molecule has 0 aliphatic carbocycles. The molecule has 0 radical (unpaired) electrons. The van der Waals surface area contributed by atoms with Gasteiger partial charge in [-0.05, 0) is 39.2 Å². The van der Waals surface area contributed by atoms with Gasteiger partial charge < -0.3 is 5.32 Å². The summed E-state index contributed by atoms with van der Waals surface area (Å²) in [5, 5.41) is 3.55. The Labute approximate surface area is 81.7 Å². The molecular weight excluding hydrogens is 160 g/mol. The van der Waals surface area contributed by atoms with E-state index in [1.54, 1.807) is 0 Å². The van der Waals surface area contributed by atoms with Crippen molar-refractivity contribution in [1.29, 1.82) is 0 Å². The lowest BCUT2D eigenvalue weighted by atomic mass is 10.1. The highest BCUT2D eigenvalue weighted by molar-refractivity contribution is 4.93. The average Bonchev–Trinajstić information content (AvgIpc) is 2.38. The zero-order valence-electron chi connectivity index (χ0n) is 8.92. The Bertz CT molecular complexity index is 155. The Hall–Kier alpha value is -0.0800. The maximum absolute atomic E-state index is 3.55. The van der Waals surface area contributed by atoms with Crippen molar-refractivity contribution < 1.29 is 0 Å². The first-order chi connectivity index (χ1) is 6.33. The SMILES string of the molecule is CCC(C)N1C2CCNCC1CC2. The van der Waals surface area contributed by atoms with Crippen LogP contribution in [0.3, 0.4) is 0 Å². The predicted molar refractivity (Wildman–Crippen MR) is 55.9 cm³/mol. The molecule has 2 aliphatic rings. The summed E-state index contributed by atoms with van der Waals surface area (Å²) in [5.74, 6) is 0. The number of rotatable bonds is 2. The molecule has 3 atom stereocenters. The third kappa shape index (κ3) is 1.75. The molecule has 0 aromatic rings. The fourth-order valence-corrected chi connectivity index (χ4v) is 2.95. The van der Waals surface area contributed by atoms with Crippen LogP contribution in [0.15, 0.2) is 0 Å². The molecule has 2 fully saturated rings. The topological polar surface area (TPSA) is 15.3 Å². The normalized spacial score (nSPS) is 37.4.